The van der Waals surface area contributed by atoms with E-state index in [-0.39, 0.29) is 0 Å². The van der Waals surface area contributed by atoms with Crippen molar-refractivity contribution in [1.29, 1.82) is 0 Å². The van der Waals surface area contributed by atoms with E-state index in [0.717, 1.165) is 149 Å². The second-order valence-electron chi connectivity index (χ2n) is 36.4. The lowest BCUT2D eigenvalue weighted by Crippen LogP contribution is -2.11. The number of furan rings is 3. The van der Waals surface area contributed by atoms with Gasteiger partial charge in [-0.1, -0.05) is 352 Å². The number of rotatable bonds is 9. The Bertz CT molecular complexity index is 10200. The Morgan fingerprint density at radius 1 is 0.109 bits per heavy atom. The fourth-order valence-electron chi connectivity index (χ4n) is 22.3. The summed E-state index contributed by atoms with van der Waals surface area (Å²) in [6, 6.07) is 178. The number of nitrogens with zero attached hydrogens (tertiary/aromatic N) is 3. The van der Waals surface area contributed by atoms with E-state index in [1.165, 1.54) is 129 Å². The molecule has 30 rings (SSSR count). The summed E-state index contributed by atoms with van der Waals surface area (Å²) in [4.78, 5) is 7.32. The van der Waals surface area contributed by atoms with Crippen molar-refractivity contribution in [3.8, 4) is 0 Å². The van der Waals surface area contributed by atoms with Gasteiger partial charge >= 0.3 is 0 Å². The predicted octanol–water partition coefficient (Wildman–Crippen LogP) is 38.5. The number of para-hydroxylation sites is 3. The van der Waals surface area contributed by atoms with Crippen molar-refractivity contribution in [3.63, 3.8) is 0 Å². The molecule has 0 radical (unpaired) electrons. The fourth-order valence-corrected chi connectivity index (χ4v) is 22.3. The number of hydrogen-bond donors (Lipinski definition) is 0. The molecule has 6 heteroatoms. The van der Waals surface area contributed by atoms with Crippen LogP contribution >= 0.6 is 0 Å². The Kier molecular flexibility index (Phi) is 18.0. The maximum absolute atomic E-state index is 6.43. The summed E-state index contributed by atoms with van der Waals surface area (Å²) in [6.07, 6.45) is 0. The molecule has 0 amide bonds. The first kappa shape index (κ1) is 78.3. The van der Waals surface area contributed by atoms with Crippen molar-refractivity contribution < 1.29 is 13.3 Å². The van der Waals surface area contributed by atoms with Gasteiger partial charge in [0.25, 0.3) is 0 Å². The monoisotopic (exact) mass is 1760 g/mol. The van der Waals surface area contributed by atoms with E-state index < -0.39 is 0 Å². The molecule has 0 saturated heterocycles. The van der Waals surface area contributed by atoms with Crippen LogP contribution in [0.4, 0.5) is 51.2 Å². The zero-order chi connectivity index (χ0) is 90.6. The minimum Gasteiger partial charge on any atom is -0.455 e. The van der Waals surface area contributed by atoms with Crippen molar-refractivity contribution in [2.24, 2.45) is 0 Å². The lowest BCUT2D eigenvalue weighted by Gasteiger charge is -2.29. The van der Waals surface area contributed by atoms with Gasteiger partial charge in [0.1, 0.15) is 33.5 Å². The Hall–Kier alpha value is -18.4. The maximum atomic E-state index is 6.43. The lowest BCUT2D eigenvalue weighted by atomic mass is 9.96. The number of fused-ring (bicyclic) bond motifs is 33. The van der Waals surface area contributed by atoms with Crippen LogP contribution in [-0.2, 0) is 0 Å². The third-order valence-electron chi connectivity index (χ3n) is 28.7. The normalized spacial score (nSPS) is 11.9. The molecule has 0 saturated carbocycles. The van der Waals surface area contributed by atoms with Crippen LogP contribution in [0, 0.1) is 0 Å². The van der Waals surface area contributed by atoms with Crippen LogP contribution in [0.1, 0.15) is 0 Å². The molecule has 0 aliphatic heterocycles. The van der Waals surface area contributed by atoms with E-state index in [2.05, 4.69) is 470 Å². The summed E-state index contributed by atoms with van der Waals surface area (Å²) in [5, 5.41) is 43.4. The lowest BCUT2D eigenvalue weighted by molar-refractivity contribution is 0.672. The smallest absolute Gasteiger partial charge is 0.143 e. The van der Waals surface area contributed by atoms with Crippen LogP contribution in [0.15, 0.2) is 505 Å². The molecule has 642 valence electrons. The molecule has 6 nitrogen and oxygen atoms in total. The number of anilines is 9. The van der Waals surface area contributed by atoms with Crippen LogP contribution in [-0.4, -0.2) is 0 Å². The highest BCUT2D eigenvalue weighted by Gasteiger charge is 2.27. The van der Waals surface area contributed by atoms with Gasteiger partial charge in [0.2, 0.25) is 0 Å². The van der Waals surface area contributed by atoms with Gasteiger partial charge in [0.05, 0.1) is 22.7 Å². The quantitative estimate of drug-likeness (QED) is 0.134. The van der Waals surface area contributed by atoms with Crippen LogP contribution in [0.2, 0.25) is 0 Å². The average Bonchev–Trinajstić information content (AvgIpc) is 0.963. The summed E-state index contributed by atoms with van der Waals surface area (Å²) in [5.74, 6) is 0. The zero-order valence-electron chi connectivity index (χ0n) is 74.8. The van der Waals surface area contributed by atoms with E-state index in [9.17, 15) is 0 Å². The molecule has 0 bridgehead atoms. The summed E-state index contributed by atoms with van der Waals surface area (Å²) in [7, 11) is 0. The Labute approximate surface area is 792 Å². The molecule has 0 N–H and O–H groups in total. The van der Waals surface area contributed by atoms with Crippen molar-refractivity contribution >= 4 is 279 Å². The number of benzene rings is 27. The molecule has 0 atom stereocenters. The first-order valence-electron chi connectivity index (χ1n) is 47.3. The molecule has 0 spiro atoms. The summed E-state index contributed by atoms with van der Waals surface area (Å²) in [5.41, 5.74) is 15.7. The van der Waals surface area contributed by atoms with Gasteiger partial charge in [-0.25, -0.2) is 0 Å². The van der Waals surface area contributed by atoms with E-state index in [1.807, 2.05) is 36.4 Å². The molecule has 27 aromatic carbocycles. The molecule has 0 unspecified atom stereocenters. The third kappa shape index (κ3) is 12.7. The highest BCUT2D eigenvalue weighted by Crippen LogP contribution is 2.52. The first-order valence-corrected chi connectivity index (χ1v) is 47.3. The molecule has 3 aromatic heterocycles. The van der Waals surface area contributed by atoms with Gasteiger partial charge in [0, 0.05) is 98.5 Å². The highest BCUT2D eigenvalue weighted by molar-refractivity contribution is 6.25. The van der Waals surface area contributed by atoms with Crippen LogP contribution in [0.5, 0.6) is 0 Å². The molecular formula is C132H81N3O3. The van der Waals surface area contributed by atoms with E-state index >= 15 is 0 Å². The van der Waals surface area contributed by atoms with Crippen LogP contribution in [0.25, 0.3) is 227 Å². The highest BCUT2D eigenvalue weighted by atomic mass is 16.3. The van der Waals surface area contributed by atoms with E-state index in [0.29, 0.717) is 0 Å². The Morgan fingerprint density at radius 3 is 0.638 bits per heavy atom. The third-order valence-corrected chi connectivity index (χ3v) is 28.7. The standard InChI is InChI=1S/3C44H27NO/c1-3-13-32-28(11-1)26-41(37-17-7-5-15-35(32)37)45(42-27-29-12-2-4-14-33(29)36-16-6-8-18-38(36)42)31-22-24-34-30(25-31)21-23-40-39-19-9-10-20-43(39)46-44(34)40;1-3-11-34-28(9-1)17-18-30-25-32(20-23-36(30)34)45(42-27-29-10-2-4-12-35(29)38-13-5-6-14-39(38)42)33-21-24-37-31(26-33)19-22-41-40-15-7-8-16-43(40)46-44(37)41;1-3-11-34-28(9-1)17-18-29-19-21-33(27-41(29)34)45(42-26-30-10-2-4-12-35(30)37-13-5-6-14-38(37)42)32-22-24-36-31(25-32)20-23-40-39-15-7-8-16-43(39)46-44(36)40/h3*1-27H. The van der Waals surface area contributed by atoms with Gasteiger partial charge in [-0.05, 0) is 263 Å². The Morgan fingerprint density at radius 2 is 0.297 bits per heavy atom. The van der Waals surface area contributed by atoms with Gasteiger partial charge in [-0.3, -0.25) is 0 Å². The van der Waals surface area contributed by atoms with Crippen molar-refractivity contribution in [3.05, 3.63) is 491 Å². The van der Waals surface area contributed by atoms with Crippen LogP contribution in [0.3, 0.4) is 0 Å². The van der Waals surface area contributed by atoms with Gasteiger partial charge in [-0.2, -0.15) is 0 Å². The molecule has 0 aliphatic rings. The minimum absolute atomic E-state index is 0.918. The topological polar surface area (TPSA) is 49.1 Å². The van der Waals surface area contributed by atoms with Crippen molar-refractivity contribution in [2.45, 2.75) is 0 Å². The average molecular weight is 1760 g/mol. The summed E-state index contributed by atoms with van der Waals surface area (Å²) >= 11 is 0. The molecule has 3 heterocycles. The van der Waals surface area contributed by atoms with Gasteiger partial charge in [-0.15, -0.1) is 0 Å². The molecule has 0 fully saturated rings. The van der Waals surface area contributed by atoms with Crippen molar-refractivity contribution in [1.82, 2.24) is 0 Å². The second kappa shape index (κ2) is 31.7. The molecular weight excluding hydrogens is 1680 g/mol. The summed E-state index contributed by atoms with van der Waals surface area (Å²) < 4.78 is 19.3. The maximum Gasteiger partial charge on any atom is 0.143 e. The number of hydrogen-bond acceptors (Lipinski definition) is 6. The fraction of sp³-hybridized carbons (Fsp3) is 0. The van der Waals surface area contributed by atoms with Gasteiger partial charge < -0.3 is 28.0 Å². The van der Waals surface area contributed by atoms with Crippen LogP contribution < -0.4 is 14.7 Å². The first-order chi connectivity index (χ1) is 68.4. The Balaban J connectivity index is 0.000000102. The van der Waals surface area contributed by atoms with Gasteiger partial charge in [0.15, 0.2) is 0 Å². The SMILES string of the molecule is c1ccc2c(c1)cc(N(c1ccc3c(ccc4c5ccccc5oc34)c1)c1cc3ccccc3c3ccccc13)c1ccccc12.c1ccc2c(c1)ccc1cc(N(c3ccc4c(ccc5c6ccccc6oc45)c3)c3cc4ccccc4c4ccccc34)ccc12.c1ccc2c(c1)ccc1ccc(N(c3ccc4c(ccc5c6ccccc6oc45)c3)c3cc4ccccc4c4ccccc34)cc12. The largest absolute Gasteiger partial charge is 0.455 e. The van der Waals surface area contributed by atoms with E-state index in [4.69, 9.17) is 13.3 Å². The van der Waals surface area contributed by atoms with E-state index in [1.54, 1.807) is 0 Å². The second-order valence-corrected chi connectivity index (χ2v) is 36.4. The zero-order valence-corrected chi connectivity index (χ0v) is 74.8. The molecule has 0 aliphatic carbocycles. The molecule has 138 heavy (non-hydrogen) atoms. The predicted molar refractivity (Wildman–Crippen MR) is 588 cm³/mol. The summed E-state index contributed by atoms with van der Waals surface area (Å²) in [6.45, 7) is 0. The minimum atomic E-state index is 0.918. The van der Waals surface area contributed by atoms with Crippen molar-refractivity contribution in [2.75, 3.05) is 14.7 Å². The molecule has 30 aromatic rings.